The van der Waals surface area contributed by atoms with Crippen LogP contribution in [0, 0.1) is 11.8 Å². The number of aliphatic carboxylic acids is 1. The number of aromatic nitrogens is 1. The largest absolute Gasteiger partial charge is 0.481 e. The van der Waals surface area contributed by atoms with Crippen LogP contribution < -0.4 is 0 Å². The quantitative estimate of drug-likeness (QED) is 0.918. The Kier molecular flexibility index (Phi) is 4.19. The lowest BCUT2D eigenvalue weighted by atomic mass is 9.87. The third-order valence-corrected chi connectivity index (χ3v) is 4.17. The van der Waals surface area contributed by atoms with E-state index in [1.807, 2.05) is 13.8 Å². The highest BCUT2D eigenvalue weighted by Gasteiger charge is 2.41. The number of amides is 1. The molecule has 1 saturated heterocycles. The van der Waals surface area contributed by atoms with Crippen LogP contribution in [-0.4, -0.2) is 33.4 Å². The van der Waals surface area contributed by atoms with E-state index in [-0.39, 0.29) is 11.9 Å². The number of piperidine rings is 1. The molecule has 5 nitrogen and oxygen atoms in total. The number of carboxylic acids is 1. The Hall–Kier alpha value is -1.43. The molecule has 0 radical (unpaired) electrons. The molecule has 1 aliphatic rings. The van der Waals surface area contributed by atoms with Gasteiger partial charge in [-0.25, -0.2) is 0 Å². The first-order valence-corrected chi connectivity index (χ1v) is 7.29. The lowest BCUT2D eigenvalue weighted by Crippen LogP contribution is -2.46. The highest BCUT2D eigenvalue weighted by atomic mass is 32.1. The molecule has 2 atom stereocenters. The maximum Gasteiger partial charge on any atom is 0.308 e. The third-order valence-electron chi connectivity index (χ3n) is 3.33. The van der Waals surface area contributed by atoms with Gasteiger partial charge in [0.25, 0.3) is 0 Å². The lowest BCUT2D eigenvalue weighted by Gasteiger charge is -2.39. The minimum absolute atomic E-state index is 0.0459. The fraction of sp³-hybridized carbons (Fsp3) is 0.615. The Morgan fingerprint density at radius 3 is 2.89 bits per heavy atom. The first kappa shape index (κ1) is 14.0. The topological polar surface area (TPSA) is 70.5 Å². The van der Waals surface area contributed by atoms with Gasteiger partial charge in [0.15, 0.2) is 0 Å². The van der Waals surface area contributed by atoms with Crippen LogP contribution in [-0.2, 0) is 9.59 Å². The van der Waals surface area contributed by atoms with Crippen LogP contribution in [0.25, 0.3) is 0 Å². The van der Waals surface area contributed by atoms with Crippen LogP contribution >= 0.6 is 11.3 Å². The molecule has 1 N–H and O–H groups in total. The normalized spacial score (nSPS) is 23.9. The first-order chi connectivity index (χ1) is 9.00. The summed E-state index contributed by atoms with van der Waals surface area (Å²) in [6, 6.07) is -0.367. The van der Waals surface area contributed by atoms with Crippen molar-refractivity contribution in [1.29, 1.82) is 0 Å². The van der Waals surface area contributed by atoms with Crippen LogP contribution in [0.15, 0.2) is 11.7 Å². The highest BCUT2D eigenvalue weighted by Crippen LogP contribution is 2.38. The van der Waals surface area contributed by atoms with E-state index < -0.39 is 11.9 Å². The Bertz CT molecular complexity index is 458. The van der Waals surface area contributed by atoms with Crippen molar-refractivity contribution >= 4 is 23.2 Å². The van der Waals surface area contributed by atoms with E-state index in [1.54, 1.807) is 16.6 Å². The summed E-state index contributed by atoms with van der Waals surface area (Å²) in [5, 5.41) is 9.39. The Balaban J connectivity index is 2.35. The number of carbonyl (C=O) groups excluding carboxylic acids is 1. The molecular formula is C13H18N2O3S. The van der Waals surface area contributed by atoms with Crippen molar-refractivity contribution in [3.8, 4) is 0 Å². The summed E-state index contributed by atoms with van der Waals surface area (Å²) in [5.74, 6) is -1.01. The number of carboxylic acid groups (broad SMARTS) is 1. The van der Waals surface area contributed by atoms with Crippen LogP contribution in [0.5, 0.6) is 0 Å². The molecule has 0 bridgehead atoms. The molecule has 104 valence electrons. The minimum Gasteiger partial charge on any atom is -0.481 e. The second-order valence-corrected chi connectivity index (χ2v) is 6.19. The van der Waals surface area contributed by atoms with Crippen LogP contribution in [0.3, 0.4) is 0 Å². The fourth-order valence-electron chi connectivity index (χ4n) is 2.54. The highest BCUT2D eigenvalue weighted by molar-refractivity contribution is 7.09. The maximum atomic E-state index is 12.1. The van der Waals surface area contributed by atoms with Gasteiger partial charge >= 0.3 is 5.97 Å². The van der Waals surface area contributed by atoms with Crippen molar-refractivity contribution in [3.05, 3.63) is 16.6 Å². The first-order valence-electron chi connectivity index (χ1n) is 6.41. The van der Waals surface area contributed by atoms with Gasteiger partial charge in [-0.15, -0.1) is 11.3 Å². The van der Waals surface area contributed by atoms with Crippen molar-refractivity contribution in [2.45, 2.75) is 32.7 Å². The SMILES string of the molecule is CC(C)CN1C(=O)CCC(C(=O)O)C1c1cncs1. The monoisotopic (exact) mass is 282 g/mol. The van der Waals surface area contributed by atoms with E-state index in [4.69, 9.17) is 0 Å². The smallest absolute Gasteiger partial charge is 0.308 e. The van der Waals surface area contributed by atoms with Crippen molar-refractivity contribution in [2.75, 3.05) is 6.54 Å². The van der Waals surface area contributed by atoms with Crippen LogP contribution in [0.4, 0.5) is 0 Å². The molecule has 0 aliphatic carbocycles. The Morgan fingerprint density at radius 2 is 2.37 bits per heavy atom. The average Bonchev–Trinajstić information content (AvgIpc) is 2.84. The number of hydrogen-bond acceptors (Lipinski definition) is 4. The van der Waals surface area contributed by atoms with Gasteiger partial charge in [0, 0.05) is 24.0 Å². The summed E-state index contributed by atoms with van der Waals surface area (Å²) in [6.07, 6.45) is 2.40. The molecule has 0 spiro atoms. The molecular weight excluding hydrogens is 264 g/mol. The van der Waals surface area contributed by atoms with Gasteiger partial charge in [0.2, 0.25) is 5.91 Å². The molecule has 1 aromatic rings. The summed E-state index contributed by atoms with van der Waals surface area (Å²) in [6.45, 7) is 4.65. The third kappa shape index (κ3) is 2.94. The molecule has 1 fully saturated rings. The maximum absolute atomic E-state index is 12.1. The predicted octanol–water partition coefficient (Wildman–Crippen LogP) is 2.16. The second-order valence-electron chi connectivity index (χ2n) is 5.27. The summed E-state index contributed by atoms with van der Waals surface area (Å²) in [4.78, 5) is 30.2. The van der Waals surface area contributed by atoms with Crippen LogP contribution in [0.2, 0.25) is 0 Å². The number of nitrogens with zero attached hydrogens (tertiary/aromatic N) is 2. The number of hydrogen-bond donors (Lipinski definition) is 1. The summed E-state index contributed by atoms with van der Waals surface area (Å²) >= 11 is 1.42. The lowest BCUT2D eigenvalue weighted by molar-refractivity contribution is -0.152. The zero-order valence-corrected chi connectivity index (χ0v) is 11.9. The Labute approximate surface area is 116 Å². The fourth-order valence-corrected chi connectivity index (χ4v) is 3.34. The molecule has 1 amide bonds. The van der Waals surface area contributed by atoms with Gasteiger partial charge in [-0.2, -0.15) is 0 Å². The van der Waals surface area contributed by atoms with Gasteiger partial charge in [-0.1, -0.05) is 13.8 Å². The van der Waals surface area contributed by atoms with Gasteiger partial charge in [0.05, 0.1) is 17.5 Å². The van der Waals surface area contributed by atoms with Crippen molar-refractivity contribution in [2.24, 2.45) is 11.8 Å². The molecule has 2 heterocycles. The average molecular weight is 282 g/mol. The second kappa shape index (κ2) is 5.69. The van der Waals surface area contributed by atoms with E-state index >= 15 is 0 Å². The van der Waals surface area contributed by atoms with Crippen molar-refractivity contribution in [3.63, 3.8) is 0 Å². The van der Waals surface area contributed by atoms with E-state index in [9.17, 15) is 14.7 Å². The zero-order valence-electron chi connectivity index (χ0n) is 11.1. The zero-order chi connectivity index (χ0) is 14.0. The summed E-state index contributed by atoms with van der Waals surface area (Å²) < 4.78 is 0. The van der Waals surface area contributed by atoms with Crippen LogP contribution in [0.1, 0.15) is 37.6 Å². The molecule has 1 aliphatic heterocycles. The standard InChI is InChI=1S/C13H18N2O3S/c1-8(2)6-15-11(16)4-3-9(13(17)18)12(15)10-5-14-7-19-10/h5,7-9,12H,3-4,6H2,1-2H3,(H,17,18). The van der Waals surface area contributed by atoms with Gasteiger partial charge < -0.3 is 10.0 Å². The molecule has 2 rings (SSSR count). The van der Waals surface area contributed by atoms with E-state index in [0.29, 0.717) is 25.3 Å². The molecule has 1 aromatic heterocycles. The molecule has 0 aromatic carbocycles. The minimum atomic E-state index is -0.834. The van der Waals surface area contributed by atoms with Crippen molar-refractivity contribution in [1.82, 2.24) is 9.88 Å². The predicted molar refractivity (Wildman–Crippen MR) is 71.8 cm³/mol. The summed E-state index contributed by atoms with van der Waals surface area (Å²) in [7, 11) is 0. The Morgan fingerprint density at radius 1 is 1.63 bits per heavy atom. The van der Waals surface area contributed by atoms with E-state index in [1.165, 1.54) is 11.3 Å². The molecule has 6 heteroatoms. The molecule has 2 unspecified atom stereocenters. The number of likely N-dealkylation sites (tertiary alicyclic amines) is 1. The number of rotatable bonds is 4. The van der Waals surface area contributed by atoms with E-state index in [2.05, 4.69) is 4.98 Å². The van der Waals surface area contributed by atoms with Gasteiger partial charge in [-0.3, -0.25) is 14.6 Å². The molecule has 0 saturated carbocycles. The molecule has 19 heavy (non-hydrogen) atoms. The number of carbonyl (C=O) groups is 2. The van der Waals surface area contributed by atoms with E-state index in [0.717, 1.165) is 4.88 Å². The summed E-state index contributed by atoms with van der Waals surface area (Å²) in [5.41, 5.74) is 1.68. The van der Waals surface area contributed by atoms with Gasteiger partial charge in [0.1, 0.15) is 0 Å². The number of thiazole rings is 1. The van der Waals surface area contributed by atoms with Gasteiger partial charge in [-0.05, 0) is 12.3 Å². The van der Waals surface area contributed by atoms with Crippen molar-refractivity contribution < 1.29 is 14.7 Å².